The number of hydrogen-bond donors (Lipinski definition) is 1. The maximum Gasteiger partial charge on any atom is 0.246 e. The van der Waals surface area contributed by atoms with Gasteiger partial charge in [0.1, 0.15) is 16.5 Å². The van der Waals surface area contributed by atoms with Crippen LogP contribution in [-0.4, -0.2) is 38.9 Å². The normalized spacial score (nSPS) is 18.4. The molecule has 0 atom stereocenters. The van der Waals surface area contributed by atoms with Crippen molar-refractivity contribution in [1.82, 2.24) is 9.62 Å². The number of rotatable bonds is 3. The second-order valence-electron chi connectivity index (χ2n) is 4.66. The minimum absolute atomic E-state index is 0.0946. The lowest BCUT2D eigenvalue weighted by atomic mass is 10.1. The van der Waals surface area contributed by atoms with Crippen LogP contribution in [-0.2, 0) is 10.0 Å². The van der Waals surface area contributed by atoms with Gasteiger partial charge in [-0.15, -0.1) is 0 Å². The second kappa shape index (κ2) is 6.05. The molecule has 1 aromatic rings. The first-order valence-corrected chi connectivity index (χ1v) is 8.41. The summed E-state index contributed by atoms with van der Waals surface area (Å²) < 4.78 is 53.1. The van der Waals surface area contributed by atoms with Gasteiger partial charge in [0.15, 0.2) is 0 Å². The van der Waals surface area contributed by atoms with Crippen molar-refractivity contribution in [3.8, 4) is 0 Å². The summed E-state index contributed by atoms with van der Waals surface area (Å²) in [5.74, 6) is -1.75. The molecule has 1 saturated heterocycles. The first-order valence-electron chi connectivity index (χ1n) is 6.18. The number of halogens is 3. The van der Waals surface area contributed by atoms with Crippen LogP contribution in [0.4, 0.5) is 8.78 Å². The van der Waals surface area contributed by atoms with Crippen molar-refractivity contribution in [2.75, 3.05) is 20.1 Å². The van der Waals surface area contributed by atoms with Crippen LogP contribution in [0.2, 0.25) is 0 Å². The van der Waals surface area contributed by atoms with Crippen molar-refractivity contribution in [2.45, 2.75) is 23.8 Å². The molecule has 0 aliphatic carbocycles. The van der Waals surface area contributed by atoms with Crippen LogP contribution in [0.5, 0.6) is 0 Å². The molecule has 1 aliphatic rings. The maximum atomic E-state index is 13.8. The van der Waals surface area contributed by atoms with Gasteiger partial charge in [0, 0.05) is 19.1 Å². The Balaban J connectivity index is 2.30. The zero-order valence-corrected chi connectivity index (χ0v) is 13.3. The van der Waals surface area contributed by atoms with E-state index >= 15 is 0 Å². The molecule has 0 radical (unpaired) electrons. The highest BCUT2D eigenvalue weighted by Crippen LogP contribution is 2.27. The Morgan fingerprint density at radius 2 is 1.85 bits per heavy atom. The summed E-state index contributed by atoms with van der Waals surface area (Å²) in [5.41, 5.74) is 0. The molecule has 1 aliphatic heterocycles. The molecule has 0 saturated carbocycles. The molecule has 0 amide bonds. The Morgan fingerprint density at radius 3 is 2.40 bits per heavy atom. The molecule has 0 spiro atoms. The van der Waals surface area contributed by atoms with Crippen LogP contribution in [0.15, 0.2) is 21.5 Å². The Bertz CT molecular complexity index is 602. The Labute approximate surface area is 125 Å². The van der Waals surface area contributed by atoms with Crippen LogP contribution in [0.25, 0.3) is 0 Å². The van der Waals surface area contributed by atoms with E-state index in [1.807, 2.05) is 7.05 Å². The molecule has 1 aromatic carbocycles. The number of nitrogens with one attached hydrogen (secondary N) is 1. The van der Waals surface area contributed by atoms with E-state index in [0.29, 0.717) is 25.9 Å². The smallest absolute Gasteiger partial charge is 0.246 e. The minimum atomic E-state index is -3.99. The lowest BCUT2D eigenvalue weighted by molar-refractivity contribution is 0.297. The Morgan fingerprint density at radius 1 is 1.25 bits per heavy atom. The third-order valence-electron chi connectivity index (χ3n) is 3.45. The van der Waals surface area contributed by atoms with Gasteiger partial charge in [-0.05, 0) is 48.0 Å². The third kappa shape index (κ3) is 3.03. The minimum Gasteiger partial charge on any atom is -0.317 e. The number of hydrogen-bond acceptors (Lipinski definition) is 3. The molecular weight excluding hydrogens is 354 g/mol. The van der Waals surface area contributed by atoms with Crippen molar-refractivity contribution in [3.05, 3.63) is 28.2 Å². The first kappa shape index (κ1) is 15.8. The number of sulfonamides is 1. The third-order valence-corrected chi connectivity index (χ3v) is 5.98. The summed E-state index contributed by atoms with van der Waals surface area (Å²) in [6.07, 6.45) is 1.30. The fourth-order valence-electron chi connectivity index (χ4n) is 2.23. The van der Waals surface area contributed by atoms with E-state index in [4.69, 9.17) is 0 Å². The van der Waals surface area contributed by atoms with Gasteiger partial charge >= 0.3 is 0 Å². The predicted molar refractivity (Wildman–Crippen MR) is 74.9 cm³/mol. The molecular formula is C12H15BrF2N2O2S. The standard InChI is InChI=1S/C12H15BrF2N2O2S/c1-16-8-2-4-17(5-3-8)20(18,19)12-7-10(14)9(13)6-11(12)15/h6-8,16H,2-5H2,1H3. The van der Waals surface area contributed by atoms with Crippen LogP contribution in [0.3, 0.4) is 0 Å². The molecule has 2 rings (SSSR count). The van der Waals surface area contributed by atoms with Gasteiger partial charge in [-0.25, -0.2) is 17.2 Å². The Kier molecular flexibility index (Phi) is 4.78. The maximum absolute atomic E-state index is 13.8. The van der Waals surface area contributed by atoms with Gasteiger partial charge in [-0.3, -0.25) is 0 Å². The van der Waals surface area contributed by atoms with E-state index in [0.717, 1.165) is 12.1 Å². The summed E-state index contributed by atoms with van der Waals surface area (Å²) in [5, 5.41) is 3.08. The molecule has 4 nitrogen and oxygen atoms in total. The molecule has 8 heteroatoms. The molecule has 1 heterocycles. The van der Waals surface area contributed by atoms with Crippen LogP contribution < -0.4 is 5.32 Å². The van der Waals surface area contributed by atoms with Crippen molar-refractivity contribution in [1.29, 1.82) is 0 Å². The summed E-state index contributed by atoms with van der Waals surface area (Å²) in [6.45, 7) is 0.593. The monoisotopic (exact) mass is 368 g/mol. The lowest BCUT2D eigenvalue weighted by Crippen LogP contribution is -2.44. The van der Waals surface area contributed by atoms with Gasteiger partial charge in [0.2, 0.25) is 10.0 Å². The second-order valence-corrected chi connectivity index (χ2v) is 7.42. The van der Waals surface area contributed by atoms with Gasteiger partial charge in [-0.2, -0.15) is 4.31 Å². The number of benzene rings is 1. The largest absolute Gasteiger partial charge is 0.317 e. The average molecular weight is 369 g/mol. The van der Waals surface area contributed by atoms with Crippen molar-refractivity contribution in [2.24, 2.45) is 0 Å². The first-order chi connectivity index (χ1) is 9.36. The van der Waals surface area contributed by atoms with E-state index in [1.54, 1.807) is 0 Å². The summed E-state index contributed by atoms with van der Waals surface area (Å²) in [6, 6.07) is 1.81. The quantitative estimate of drug-likeness (QED) is 0.831. The van der Waals surface area contributed by atoms with Gasteiger partial charge in [0.25, 0.3) is 0 Å². The van der Waals surface area contributed by atoms with Crippen molar-refractivity contribution < 1.29 is 17.2 Å². The molecule has 20 heavy (non-hydrogen) atoms. The van der Waals surface area contributed by atoms with Crippen LogP contribution in [0, 0.1) is 11.6 Å². The summed E-state index contributed by atoms with van der Waals surface area (Å²) in [4.78, 5) is -0.610. The molecule has 0 bridgehead atoms. The fourth-order valence-corrected chi connectivity index (χ4v) is 4.07. The van der Waals surface area contributed by atoms with E-state index < -0.39 is 26.6 Å². The molecule has 0 unspecified atom stereocenters. The summed E-state index contributed by atoms with van der Waals surface area (Å²) in [7, 11) is -2.18. The highest BCUT2D eigenvalue weighted by atomic mass is 79.9. The number of nitrogens with zero attached hydrogens (tertiary/aromatic N) is 1. The topological polar surface area (TPSA) is 49.4 Å². The lowest BCUT2D eigenvalue weighted by Gasteiger charge is -2.31. The predicted octanol–water partition coefficient (Wildman–Crippen LogP) is 2.10. The van der Waals surface area contributed by atoms with Crippen LogP contribution in [0.1, 0.15) is 12.8 Å². The zero-order chi connectivity index (χ0) is 14.9. The van der Waals surface area contributed by atoms with Crippen LogP contribution >= 0.6 is 15.9 Å². The Hall–Kier alpha value is -0.570. The van der Waals surface area contributed by atoms with Gasteiger partial charge in [-0.1, -0.05) is 0 Å². The van der Waals surface area contributed by atoms with E-state index in [9.17, 15) is 17.2 Å². The number of piperidine rings is 1. The van der Waals surface area contributed by atoms with E-state index in [-0.39, 0.29) is 10.5 Å². The van der Waals surface area contributed by atoms with Crippen molar-refractivity contribution >= 4 is 26.0 Å². The zero-order valence-electron chi connectivity index (χ0n) is 10.9. The van der Waals surface area contributed by atoms with Crippen molar-refractivity contribution in [3.63, 3.8) is 0 Å². The van der Waals surface area contributed by atoms with E-state index in [1.165, 1.54) is 4.31 Å². The highest BCUT2D eigenvalue weighted by molar-refractivity contribution is 9.10. The molecule has 1 fully saturated rings. The fraction of sp³-hybridized carbons (Fsp3) is 0.500. The van der Waals surface area contributed by atoms with E-state index in [2.05, 4.69) is 21.2 Å². The van der Waals surface area contributed by atoms with Gasteiger partial charge < -0.3 is 5.32 Å². The molecule has 1 N–H and O–H groups in total. The van der Waals surface area contributed by atoms with Gasteiger partial charge in [0.05, 0.1) is 4.47 Å². The average Bonchev–Trinajstić information content (AvgIpc) is 2.42. The molecule has 0 aromatic heterocycles. The summed E-state index contributed by atoms with van der Waals surface area (Å²) >= 11 is 2.83. The molecule has 112 valence electrons. The SMILES string of the molecule is CNC1CCN(S(=O)(=O)c2cc(F)c(Br)cc2F)CC1. The highest BCUT2D eigenvalue weighted by Gasteiger charge is 2.31.